The average molecular weight is 183 g/mol. The first-order chi connectivity index (χ1) is 6.12. The summed E-state index contributed by atoms with van der Waals surface area (Å²) in [4.78, 5) is 14.9. The first-order valence-corrected chi connectivity index (χ1v) is 4.92. The van der Waals surface area contributed by atoms with Crippen molar-refractivity contribution in [2.75, 3.05) is 13.1 Å². The lowest BCUT2D eigenvalue weighted by molar-refractivity contribution is -0.531. The summed E-state index contributed by atoms with van der Waals surface area (Å²) in [6.07, 6.45) is 1.71. The molecule has 1 saturated heterocycles. The molecule has 0 amide bonds. The highest BCUT2D eigenvalue weighted by Gasteiger charge is 2.44. The molecule has 0 bridgehead atoms. The molecule has 0 atom stereocenters. The number of hydrogen-bond acceptors (Lipinski definition) is 2. The third kappa shape index (κ3) is 1.97. The largest absolute Gasteiger partial charge is 0.316 e. The van der Waals surface area contributed by atoms with E-state index >= 15 is 0 Å². The lowest BCUT2D eigenvalue weighted by Gasteiger charge is -2.28. The second kappa shape index (κ2) is 4.01. The molecule has 74 valence electrons. The fourth-order valence-electron chi connectivity index (χ4n) is 1.92. The molecule has 0 aliphatic carbocycles. The minimum Gasteiger partial charge on any atom is -0.316 e. The highest BCUT2D eigenvalue weighted by Crippen LogP contribution is 2.18. The molecule has 3 heteroatoms. The number of nitrogens with one attached hydrogen (secondary N) is 2. The van der Waals surface area contributed by atoms with E-state index in [-0.39, 0.29) is 11.5 Å². The van der Waals surface area contributed by atoms with E-state index in [4.69, 9.17) is 0 Å². The van der Waals surface area contributed by atoms with Crippen molar-refractivity contribution in [3.8, 4) is 0 Å². The van der Waals surface area contributed by atoms with Gasteiger partial charge < -0.3 is 5.32 Å². The van der Waals surface area contributed by atoms with Crippen LogP contribution < -0.4 is 10.3 Å². The van der Waals surface area contributed by atoms with Crippen molar-refractivity contribution in [1.29, 1.82) is 0 Å². The molecule has 3 nitrogen and oxygen atoms in total. The van der Waals surface area contributed by atoms with Gasteiger partial charge in [0.25, 0.3) is 0 Å². The summed E-state index contributed by atoms with van der Waals surface area (Å²) in [7, 11) is 0. The van der Waals surface area contributed by atoms with Crippen LogP contribution in [0.15, 0.2) is 0 Å². The lowest BCUT2D eigenvalue weighted by Crippen LogP contribution is -2.88. The van der Waals surface area contributed by atoms with E-state index in [1.807, 2.05) is 13.8 Å². The average Bonchev–Trinajstić information content (AvgIpc) is 2.17. The van der Waals surface area contributed by atoms with Gasteiger partial charge >= 0.3 is 0 Å². The van der Waals surface area contributed by atoms with Gasteiger partial charge in [-0.05, 0) is 0 Å². The Labute approximate surface area is 79.6 Å². The van der Waals surface area contributed by atoms with E-state index in [0.29, 0.717) is 5.78 Å². The molecule has 0 radical (unpaired) electrons. The number of piperidine rings is 1. The highest BCUT2D eigenvalue weighted by atomic mass is 16.1. The van der Waals surface area contributed by atoms with Crippen LogP contribution in [0.5, 0.6) is 0 Å². The van der Waals surface area contributed by atoms with Crippen molar-refractivity contribution in [3.05, 3.63) is 0 Å². The van der Waals surface area contributed by atoms with Crippen molar-refractivity contribution in [1.82, 2.24) is 5.32 Å². The molecule has 2 N–H and O–H groups in total. The molecule has 13 heavy (non-hydrogen) atoms. The number of hydrogen-bond donors (Lipinski definition) is 2. The molecule has 1 heterocycles. The van der Waals surface area contributed by atoms with Gasteiger partial charge in [0, 0.05) is 31.8 Å². The van der Waals surface area contributed by atoms with Crippen molar-refractivity contribution in [2.24, 2.45) is 5.92 Å². The minimum absolute atomic E-state index is 0.0901. The van der Waals surface area contributed by atoms with E-state index in [1.54, 1.807) is 0 Å². The summed E-state index contributed by atoms with van der Waals surface area (Å²) in [5.41, 5.74) is -0.362. The standard InChI is InChI=1S/C10H18N2O/c1-8(2)9(13)10(11-3)4-6-12-7-5-10/h8,12H,3-7H2,1-2H3/p+1. The SMILES string of the molecule is C=[NH+]C1(C(=O)C(C)C)CCNCC1. The van der Waals surface area contributed by atoms with Crippen LogP contribution in [0, 0.1) is 5.92 Å². The monoisotopic (exact) mass is 183 g/mol. The minimum atomic E-state index is -0.362. The fourth-order valence-corrected chi connectivity index (χ4v) is 1.92. The molecular formula is C10H19N2O+. The molecule has 1 aliphatic heterocycles. The molecular weight excluding hydrogens is 164 g/mol. The summed E-state index contributed by atoms with van der Waals surface area (Å²) in [5, 5.41) is 3.25. The van der Waals surface area contributed by atoms with Gasteiger partial charge in [-0.25, -0.2) is 4.99 Å². The Balaban J connectivity index is 2.78. The van der Waals surface area contributed by atoms with E-state index < -0.39 is 0 Å². The predicted octanol–water partition coefficient (Wildman–Crippen LogP) is -0.885. The molecule has 1 aliphatic rings. The molecule has 0 aromatic rings. The zero-order valence-corrected chi connectivity index (χ0v) is 8.52. The van der Waals surface area contributed by atoms with Crippen LogP contribution in [-0.4, -0.2) is 31.1 Å². The van der Waals surface area contributed by atoms with Gasteiger partial charge in [0.05, 0.1) is 0 Å². The maximum absolute atomic E-state index is 11.9. The summed E-state index contributed by atoms with van der Waals surface area (Å²) in [5.74, 6) is 0.386. The van der Waals surface area contributed by atoms with Crippen molar-refractivity contribution in [3.63, 3.8) is 0 Å². The second-order valence-corrected chi connectivity index (χ2v) is 4.03. The third-order valence-electron chi connectivity index (χ3n) is 2.79. The highest BCUT2D eigenvalue weighted by molar-refractivity contribution is 5.88. The Morgan fingerprint density at radius 2 is 2.00 bits per heavy atom. The lowest BCUT2D eigenvalue weighted by atomic mass is 9.80. The van der Waals surface area contributed by atoms with Crippen molar-refractivity contribution >= 4 is 12.5 Å². The predicted molar refractivity (Wildman–Crippen MR) is 52.8 cm³/mol. The van der Waals surface area contributed by atoms with E-state index in [9.17, 15) is 4.79 Å². The van der Waals surface area contributed by atoms with Crippen LogP contribution in [0.4, 0.5) is 0 Å². The van der Waals surface area contributed by atoms with Crippen LogP contribution in [-0.2, 0) is 4.79 Å². The normalized spacial score (nSPS) is 21.5. The van der Waals surface area contributed by atoms with Gasteiger partial charge in [0.1, 0.15) is 6.72 Å². The molecule has 0 saturated carbocycles. The molecule has 0 spiro atoms. The second-order valence-electron chi connectivity index (χ2n) is 4.03. The zero-order valence-electron chi connectivity index (χ0n) is 8.52. The Morgan fingerprint density at radius 3 is 2.38 bits per heavy atom. The van der Waals surface area contributed by atoms with E-state index in [0.717, 1.165) is 25.9 Å². The molecule has 1 fully saturated rings. The van der Waals surface area contributed by atoms with Crippen LogP contribution in [0.1, 0.15) is 26.7 Å². The number of Topliss-reactive ketones (excluding diaryl/α,β-unsaturated/α-hetero) is 1. The van der Waals surface area contributed by atoms with Crippen LogP contribution in [0.2, 0.25) is 0 Å². The van der Waals surface area contributed by atoms with Gasteiger partial charge in [0.2, 0.25) is 11.3 Å². The van der Waals surface area contributed by atoms with Crippen LogP contribution in [0.3, 0.4) is 0 Å². The van der Waals surface area contributed by atoms with Gasteiger partial charge in [-0.1, -0.05) is 13.8 Å². The number of carbonyl (C=O) groups is 1. The summed E-state index contributed by atoms with van der Waals surface area (Å²) >= 11 is 0. The molecule has 0 aromatic carbocycles. The third-order valence-corrected chi connectivity index (χ3v) is 2.79. The van der Waals surface area contributed by atoms with E-state index in [1.165, 1.54) is 0 Å². The maximum Gasteiger partial charge on any atom is 0.220 e. The maximum atomic E-state index is 11.9. The summed E-state index contributed by atoms with van der Waals surface area (Å²) < 4.78 is 0. The summed E-state index contributed by atoms with van der Waals surface area (Å²) in [6.45, 7) is 9.39. The number of carbonyl (C=O) groups excluding carboxylic acids is 1. The van der Waals surface area contributed by atoms with Crippen molar-refractivity contribution < 1.29 is 9.79 Å². The topological polar surface area (TPSA) is 43.1 Å². The van der Waals surface area contributed by atoms with Gasteiger partial charge in [0.15, 0.2) is 0 Å². The summed E-state index contributed by atoms with van der Waals surface area (Å²) in [6, 6.07) is 0. The smallest absolute Gasteiger partial charge is 0.220 e. The van der Waals surface area contributed by atoms with Gasteiger partial charge in [-0.15, -0.1) is 0 Å². The Hall–Kier alpha value is -0.700. The van der Waals surface area contributed by atoms with Gasteiger partial charge in [-0.3, -0.25) is 4.79 Å². The first kappa shape index (κ1) is 10.4. The van der Waals surface area contributed by atoms with Crippen LogP contribution in [0.25, 0.3) is 0 Å². The van der Waals surface area contributed by atoms with Gasteiger partial charge in [-0.2, -0.15) is 0 Å². The van der Waals surface area contributed by atoms with Crippen molar-refractivity contribution in [2.45, 2.75) is 32.2 Å². The Kier molecular flexibility index (Phi) is 3.20. The zero-order chi connectivity index (χ0) is 9.90. The number of rotatable bonds is 3. The fraction of sp³-hybridized carbons (Fsp3) is 0.800. The molecule has 1 rings (SSSR count). The Morgan fingerprint density at radius 1 is 1.46 bits per heavy atom. The molecule has 0 unspecified atom stereocenters. The molecule has 0 aromatic heterocycles. The number of ketones is 1. The van der Waals surface area contributed by atoms with E-state index in [2.05, 4.69) is 17.0 Å². The van der Waals surface area contributed by atoms with Crippen LogP contribution >= 0.6 is 0 Å². The quantitative estimate of drug-likeness (QED) is 0.558. The first-order valence-electron chi connectivity index (χ1n) is 4.92. The Bertz CT molecular complexity index is 205.